The Morgan fingerprint density at radius 3 is 2.57 bits per heavy atom. The zero-order valence-electron chi connectivity index (χ0n) is 13.8. The molecule has 4 nitrogen and oxygen atoms in total. The molecule has 2 saturated heterocycles. The van der Waals surface area contributed by atoms with Gasteiger partial charge in [-0.15, -0.1) is 0 Å². The van der Waals surface area contributed by atoms with Crippen molar-refractivity contribution in [1.82, 2.24) is 20.0 Å². The molecule has 2 aliphatic heterocycles. The van der Waals surface area contributed by atoms with E-state index in [1.54, 1.807) is 0 Å². The van der Waals surface area contributed by atoms with Gasteiger partial charge < -0.3 is 10.2 Å². The third-order valence-electron chi connectivity index (χ3n) is 5.64. The Labute approximate surface area is 128 Å². The van der Waals surface area contributed by atoms with Gasteiger partial charge in [0.15, 0.2) is 0 Å². The van der Waals surface area contributed by atoms with E-state index < -0.39 is 0 Å². The molecule has 21 heavy (non-hydrogen) atoms. The molecule has 0 aromatic carbocycles. The Hall–Kier alpha value is -0.870. The van der Waals surface area contributed by atoms with Gasteiger partial charge in [-0.05, 0) is 64.1 Å². The second-order valence-electron chi connectivity index (χ2n) is 6.85. The molecule has 2 bridgehead atoms. The fraction of sp³-hybridized carbons (Fsp3) is 0.824. The van der Waals surface area contributed by atoms with Gasteiger partial charge in [0.1, 0.15) is 0 Å². The number of rotatable bonds is 6. The van der Waals surface area contributed by atoms with Crippen LogP contribution in [0.4, 0.5) is 0 Å². The van der Waals surface area contributed by atoms with Crippen LogP contribution in [-0.4, -0.2) is 46.4 Å². The lowest BCUT2D eigenvalue weighted by Gasteiger charge is -2.40. The van der Waals surface area contributed by atoms with E-state index in [-0.39, 0.29) is 0 Å². The lowest BCUT2D eigenvalue weighted by atomic mass is 9.83. The molecule has 1 aromatic rings. The smallest absolute Gasteiger partial charge is 0.0522 e. The van der Waals surface area contributed by atoms with Crippen LogP contribution in [0.25, 0.3) is 0 Å². The van der Waals surface area contributed by atoms with Crippen molar-refractivity contribution in [3.05, 3.63) is 18.0 Å². The van der Waals surface area contributed by atoms with Crippen molar-refractivity contribution in [2.24, 2.45) is 5.92 Å². The zero-order valence-corrected chi connectivity index (χ0v) is 13.8. The highest BCUT2D eigenvalue weighted by Gasteiger charge is 2.40. The molecule has 3 rings (SSSR count). The zero-order chi connectivity index (χ0) is 14.8. The number of nitrogens with one attached hydrogen (secondary N) is 1. The van der Waals surface area contributed by atoms with E-state index in [4.69, 9.17) is 0 Å². The molecule has 2 aliphatic rings. The average Bonchev–Trinajstić information content (AvgIpc) is 2.99. The van der Waals surface area contributed by atoms with Crippen LogP contribution < -0.4 is 5.32 Å². The predicted molar refractivity (Wildman–Crippen MR) is 86.4 cm³/mol. The standard InChI is InChI=1S/C17H30N4/c1-4-18-17(8-13-11-19-21(5-2)12-13)14-9-15-6-7-16(10-14)20(15)3/h11-12,14-18H,4-10H2,1-3H3. The third-order valence-corrected chi connectivity index (χ3v) is 5.64. The van der Waals surface area contributed by atoms with E-state index in [2.05, 4.69) is 48.6 Å². The number of piperidine rings is 1. The minimum absolute atomic E-state index is 0.612. The van der Waals surface area contributed by atoms with E-state index >= 15 is 0 Å². The largest absolute Gasteiger partial charge is 0.314 e. The van der Waals surface area contributed by atoms with Crippen molar-refractivity contribution in [2.75, 3.05) is 13.6 Å². The van der Waals surface area contributed by atoms with Crippen molar-refractivity contribution in [2.45, 2.75) is 70.6 Å². The molecule has 0 aliphatic carbocycles. The first-order valence-corrected chi connectivity index (χ1v) is 8.67. The third kappa shape index (κ3) is 3.16. The van der Waals surface area contributed by atoms with Crippen molar-refractivity contribution < 1.29 is 0 Å². The van der Waals surface area contributed by atoms with Gasteiger partial charge in [-0.1, -0.05) is 6.92 Å². The van der Waals surface area contributed by atoms with Gasteiger partial charge in [0.05, 0.1) is 6.20 Å². The van der Waals surface area contributed by atoms with Crippen molar-refractivity contribution in [3.8, 4) is 0 Å². The van der Waals surface area contributed by atoms with Gasteiger partial charge in [0.2, 0.25) is 0 Å². The lowest BCUT2D eigenvalue weighted by molar-refractivity contribution is 0.112. The quantitative estimate of drug-likeness (QED) is 0.872. The summed E-state index contributed by atoms with van der Waals surface area (Å²) in [6, 6.07) is 2.27. The number of aryl methyl sites for hydroxylation is 1. The predicted octanol–water partition coefficient (Wildman–Crippen LogP) is 2.30. The summed E-state index contributed by atoms with van der Waals surface area (Å²) in [5.41, 5.74) is 1.38. The number of aromatic nitrogens is 2. The molecule has 0 radical (unpaired) electrons. The summed E-state index contributed by atoms with van der Waals surface area (Å²) in [5.74, 6) is 0.823. The van der Waals surface area contributed by atoms with Crippen LogP contribution in [0, 0.1) is 5.92 Å². The topological polar surface area (TPSA) is 33.1 Å². The number of hydrogen-bond acceptors (Lipinski definition) is 3. The fourth-order valence-electron chi connectivity index (χ4n) is 4.39. The van der Waals surface area contributed by atoms with Gasteiger partial charge in [0, 0.05) is 30.9 Å². The molecule has 2 fully saturated rings. The normalized spacial score (nSPS) is 30.7. The minimum Gasteiger partial charge on any atom is -0.314 e. The molecule has 118 valence electrons. The van der Waals surface area contributed by atoms with Crippen LogP contribution >= 0.6 is 0 Å². The van der Waals surface area contributed by atoms with Gasteiger partial charge in [0.25, 0.3) is 0 Å². The number of hydrogen-bond donors (Lipinski definition) is 1. The van der Waals surface area contributed by atoms with E-state index in [0.717, 1.165) is 37.5 Å². The van der Waals surface area contributed by atoms with E-state index in [1.165, 1.54) is 31.2 Å². The maximum Gasteiger partial charge on any atom is 0.0522 e. The Morgan fingerprint density at radius 2 is 2.00 bits per heavy atom. The molecule has 3 heterocycles. The molecule has 4 heteroatoms. The van der Waals surface area contributed by atoms with Gasteiger partial charge in [-0.3, -0.25) is 4.68 Å². The lowest BCUT2D eigenvalue weighted by Crippen LogP contribution is -2.47. The number of likely N-dealkylation sites (N-methyl/N-ethyl adjacent to an activating group) is 1. The second kappa shape index (κ2) is 6.49. The van der Waals surface area contributed by atoms with Crippen molar-refractivity contribution >= 4 is 0 Å². The molecular weight excluding hydrogens is 260 g/mol. The maximum absolute atomic E-state index is 4.43. The summed E-state index contributed by atoms with van der Waals surface area (Å²) >= 11 is 0. The van der Waals surface area contributed by atoms with E-state index in [1.807, 2.05) is 4.68 Å². The molecule has 0 amide bonds. The van der Waals surface area contributed by atoms with E-state index in [0.29, 0.717) is 6.04 Å². The Kier molecular flexibility index (Phi) is 4.65. The van der Waals surface area contributed by atoms with Crippen LogP contribution in [0.5, 0.6) is 0 Å². The SMILES string of the molecule is CCNC(Cc1cnn(CC)c1)C1CC2CCC(C1)N2C. The van der Waals surface area contributed by atoms with Gasteiger partial charge in [-0.25, -0.2) is 0 Å². The summed E-state index contributed by atoms with van der Waals surface area (Å²) in [7, 11) is 2.33. The summed E-state index contributed by atoms with van der Waals surface area (Å²) in [6.07, 6.45) is 10.9. The van der Waals surface area contributed by atoms with Crippen molar-refractivity contribution in [3.63, 3.8) is 0 Å². The van der Waals surface area contributed by atoms with Gasteiger partial charge >= 0.3 is 0 Å². The monoisotopic (exact) mass is 290 g/mol. The summed E-state index contributed by atoms with van der Waals surface area (Å²) < 4.78 is 2.04. The molecule has 0 spiro atoms. The van der Waals surface area contributed by atoms with Crippen LogP contribution in [0.3, 0.4) is 0 Å². The first-order valence-electron chi connectivity index (χ1n) is 8.67. The highest BCUT2D eigenvalue weighted by atomic mass is 15.3. The summed E-state index contributed by atoms with van der Waals surface area (Å²) in [4.78, 5) is 2.63. The van der Waals surface area contributed by atoms with Crippen LogP contribution in [0.15, 0.2) is 12.4 Å². The molecule has 0 saturated carbocycles. The Morgan fingerprint density at radius 1 is 1.29 bits per heavy atom. The first kappa shape index (κ1) is 15.0. The van der Waals surface area contributed by atoms with E-state index in [9.17, 15) is 0 Å². The maximum atomic E-state index is 4.43. The average molecular weight is 290 g/mol. The Balaban J connectivity index is 1.66. The molecular formula is C17H30N4. The summed E-state index contributed by atoms with van der Waals surface area (Å²) in [5, 5.41) is 8.18. The van der Waals surface area contributed by atoms with Gasteiger partial charge in [-0.2, -0.15) is 5.10 Å². The first-order chi connectivity index (χ1) is 10.2. The highest BCUT2D eigenvalue weighted by Crippen LogP contribution is 2.39. The van der Waals surface area contributed by atoms with Crippen LogP contribution in [0.2, 0.25) is 0 Å². The molecule has 3 unspecified atom stereocenters. The van der Waals surface area contributed by atoms with Crippen LogP contribution in [-0.2, 0) is 13.0 Å². The molecule has 1 aromatic heterocycles. The fourth-order valence-corrected chi connectivity index (χ4v) is 4.39. The highest BCUT2D eigenvalue weighted by molar-refractivity contribution is 5.08. The summed E-state index contributed by atoms with van der Waals surface area (Å²) in [6.45, 7) is 6.40. The number of nitrogens with zero attached hydrogens (tertiary/aromatic N) is 3. The van der Waals surface area contributed by atoms with Crippen LogP contribution in [0.1, 0.15) is 45.1 Å². The minimum atomic E-state index is 0.612. The molecule has 1 N–H and O–H groups in total. The molecule has 3 atom stereocenters. The number of fused-ring (bicyclic) bond motifs is 2. The Bertz CT molecular complexity index is 441. The van der Waals surface area contributed by atoms with Crippen molar-refractivity contribution in [1.29, 1.82) is 0 Å². The second-order valence-corrected chi connectivity index (χ2v) is 6.85.